The number of rotatable bonds is 6. The van der Waals surface area contributed by atoms with Gasteiger partial charge in [-0.25, -0.2) is 0 Å². The molecule has 3 heteroatoms. The van der Waals surface area contributed by atoms with E-state index >= 15 is 0 Å². The summed E-state index contributed by atoms with van der Waals surface area (Å²) in [7, 11) is -1.89. The molecular formula is C27H32PS2+. The molecule has 4 rings (SSSR count). The van der Waals surface area contributed by atoms with Crippen LogP contribution in [0.25, 0.3) is 0 Å². The van der Waals surface area contributed by atoms with Crippen LogP contribution in [-0.2, 0) is 0 Å². The molecule has 0 spiro atoms. The number of hydrogen-bond donors (Lipinski definition) is 0. The van der Waals surface area contributed by atoms with Gasteiger partial charge in [0, 0.05) is 6.42 Å². The molecule has 3 aromatic rings. The fourth-order valence-corrected chi connectivity index (χ4v) is 14.1. The van der Waals surface area contributed by atoms with E-state index in [2.05, 4.69) is 135 Å². The van der Waals surface area contributed by atoms with Crippen molar-refractivity contribution in [1.29, 1.82) is 0 Å². The lowest BCUT2D eigenvalue weighted by Crippen LogP contribution is -2.47. The van der Waals surface area contributed by atoms with Crippen molar-refractivity contribution in [3.63, 3.8) is 0 Å². The summed E-state index contributed by atoms with van der Waals surface area (Å²) in [5.41, 5.74) is 0. The van der Waals surface area contributed by atoms with Gasteiger partial charge in [-0.2, -0.15) is 0 Å². The zero-order valence-electron chi connectivity index (χ0n) is 18.3. The highest BCUT2D eigenvalue weighted by molar-refractivity contribution is 8.18. The first-order valence-corrected chi connectivity index (χ1v) is 14.6. The highest BCUT2D eigenvalue weighted by Gasteiger charge is 2.59. The molecule has 0 radical (unpaired) electrons. The van der Waals surface area contributed by atoms with Gasteiger partial charge in [0.1, 0.15) is 23.2 Å². The van der Waals surface area contributed by atoms with E-state index in [1.54, 1.807) is 0 Å². The second-order valence-corrected chi connectivity index (χ2v) is 16.4. The average Bonchev–Trinajstić information content (AvgIpc) is 2.76. The van der Waals surface area contributed by atoms with Gasteiger partial charge in [0.15, 0.2) is 0 Å². The SMILES string of the molecule is CC1(CC(C)(C)[P+](c2ccccc2)(c2ccccc2)c2ccccc2)SCCCS1. The van der Waals surface area contributed by atoms with Gasteiger partial charge in [-0.15, -0.1) is 23.5 Å². The molecule has 0 aliphatic carbocycles. The molecule has 1 fully saturated rings. The molecule has 0 nitrogen and oxygen atoms in total. The Balaban J connectivity index is 1.97. The number of benzene rings is 3. The molecule has 1 saturated heterocycles. The van der Waals surface area contributed by atoms with E-state index in [1.807, 2.05) is 0 Å². The molecule has 1 heterocycles. The minimum atomic E-state index is -1.89. The van der Waals surface area contributed by atoms with Crippen LogP contribution in [0.1, 0.15) is 33.6 Å². The van der Waals surface area contributed by atoms with Gasteiger partial charge in [-0.05, 0) is 75.1 Å². The molecule has 0 N–H and O–H groups in total. The van der Waals surface area contributed by atoms with Crippen LogP contribution < -0.4 is 15.9 Å². The summed E-state index contributed by atoms with van der Waals surface area (Å²) in [5.74, 6) is 2.57. The van der Waals surface area contributed by atoms with Crippen LogP contribution in [-0.4, -0.2) is 20.7 Å². The zero-order valence-corrected chi connectivity index (χ0v) is 20.8. The van der Waals surface area contributed by atoms with Crippen LogP contribution in [0.15, 0.2) is 91.0 Å². The molecule has 1 aliphatic rings. The molecule has 0 bridgehead atoms. The van der Waals surface area contributed by atoms with Crippen molar-refractivity contribution in [2.24, 2.45) is 0 Å². The van der Waals surface area contributed by atoms with Crippen molar-refractivity contribution in [2.45, 2.75) is 42.8 Å². The van der Waals surface area contributed by atoms with E-state index < -0.39 is 7.26 Å². The molecule has 0 atom stereocenters. The maximum atomic E-state index is 2.54. The zero-order chi connectivity index (χ0) is 21.1. The maximum Gasteiger partial charge on any atom is 0.117 e. The first-order chi connectivity index (χ1) is 14.5. The van der Waals surface area contributed by atoms with Crippen molar-refractivity contribution in [2.75, 3.05) is 11.5 Å². The highest BCUT2D eigenvalue weighted by Crippen LogP contribution is 2.69. The normalized spacial score (nSPS) is 16.9. The van der Waals surface area contributed by atoms with Gasteiger partial charge in [-0.1, -0.05) is 54.6 Å². The Labute approximate surface area is 191 Å². The lowest BCUT2D eigenvalue weighted by atomic mass is 10.1. The fraction of sp³-hybridized carbons (Fsp3) is 0.333. The smallest absolute Gasteiger partial charge is 0.117 e. The van der Waals surface area contributed by atoms with E-state index in [0.29, 0.717) is 0 Å². The van der Waals surface area contributed by atoms with Crippen molar-refractivity contribution in [1.82, 2.24) is 0 Å². The predicted octanol–water partition coefficient (Wildman–Crippen LogP) is 6.74. The summed E-state index contributed by atoms with van der Waals surface area (Å²) in [6.07, 6.45) is 2.53. The summed E-state index contributed by atoms with van der Waals surface area (Å²) in [5, 5.41) is 4.58. The molecule has 1 aliphatic heterocycles. The largest absolute Gasteiger partial charge is 0.144 e. The first-order valence-electron chi connectivity index (χ1n) is 10.8. The van der Waals surface area contributed by atoms with Crippen LogP contribution in [0.3, 0.4) is 0 Å². The van der Waals surface area contributed by atoms with E-state index in [1.165, 1.54) is 40.3 Å². The minimum Gasteiger partial charge on any atom is -0.144 e. The number of hydrogen-bond acceptors (Lipinski definition) is 2. The quantitative estimate of drug-likeness (QED) is 0.381. The predicted molar refractivity (Wildman–Crippen MR) is 142 cm³/mol. The van der Waals surface area contributed by atoms with E-state index in [4.69, 9.17) is 0 Å². The van der Waals surface area contributed by atoms with Crippen LogP contribution in [0.5, 0.6) is 0 Å². The van der Waals surface area contributed by atoms with Gasteiger partial charge in [0.05, 0.1) is 9.24 Å². The highest BCUT2D eigenvalue weighted by atomic mass is 32.2. The third-order valence-corrected chi connectivity index (χ3v) is 14.6. The van der Waals surface area contributed by atoms with Crippen LogP contribution in [0.2, 0.25) is 0 Å². The van der Waals surface area contributed by atoms with Crippen molar-refractivity contribution in [3.8, 4) is 0 Å². The van der Waals surface area contributed by atoms with Crippen molar-refractivity contribution in [3.05, 3.63) is 91.0 Å². The summed E-state index contributed by atoms with van der Waals surface area (Å²) in [6.45, 7) is 7.56. The van der Waals surface area contributed by atoms with Crippen molar-refractivity contribution >= 4 is 46.7 Å². The Morgan fingerprint density at radius 3 is 1.43 bits per heavy atom. The second-order valence-electron chi connectivity index (χ2n) is 8.85. The first kappa shape index (κ1) is 22.0. The van der Waals surface area contributed by atoms with Crippen LogP contribution in [0, 0.1) is 0 Å². The van der Waals surface area contributed by atoms with E-state index in [-0.39, 0.29) is 9.24 Å². The summed E-state index contributed by atoms with van der Waals surface area (Å²) in [6, 6.07) is 34.0. The Morgan fingerprint density at radius 2 is 1.07 bits per heavy atom. The molecule has 0 saturated carbocycles. The maximum absolute atomic E-state index is 2.54. The van der Waals surface area contributed by atoms with Gasteiger partial charge < -0.3 is 0 Å². The monoisotopic (exact) mass is 451 g/mol. The molecule has 3 aromatic carbocycles. The summed E-state index contributed by atoms with van der Waals surface area (Å²) >= 11 is 4.35. The van der Waals surface area contributed by atoms with Crippen molar-refractivity contribution < 1.29 is 0 Å². The summed E-state index contributed by atoms with van der Waals surface area (Å²) in [4.78, 5) is 0. The molecule has 156 valence electrons. The Hall–Kier alpha value is -1.21. The molecule has 0 aromatic heterocycles. The third-order valence-electron chi connectivity index (χ3n) is 6.20. The van der Waals surface area contributed by atoms with Gasteiger partial charge in [0.2, 0.25) is 0 Å². The molecule has 0 unspecified atom stereocenters. The lowest BCUT2D eigenvalue weighted by molar-refractivity contribution is 0.601. The Kier molecular flexibility index (Phi) is 6.68. The third kappa shape index (κ3) is 4.12. The average molecular weight is 452 g/mol. The van der Waals surface area contributed by atoms with Gasteiger partial charge in [-0.3, -0.25) is 0 Å². The van der Waals surface area contributed by atoms with Crippen LogP contribution >= 0.6 is 30.8 Å². The fourth-order valence-electron chi connectivity index (χ4n) is 5.13. The van der Waals surface area contributed by atoms with E-state index in [9.17, 15) is 0 Å². The lowest BCUT2D eigenvalue weighted by Gasteiger charge is -2.45. The number of thioether (sulfide) groups is 2. The summed E-state index contributed by atoms with van der Waals surface area (Å²) < 4.78 is 0.269. The standard InChI is InChI=1S/C27H32PS2/c1-26(2,22-27(3)29-20-13-21-30-27)28(23-14-7-4-8-15-23,24-16-9-5-10-17-24)25-18-11-6-12-19-25/h4-12,14-19H,13,20-22H2,1-3H3/q+1. The minimum absolute atomic E-state index is 0.114. The molecule has 0 amide bonds. The van der Waals surface area contributed by atoms with Gasteiger partial charge >= 0.3 is 0 Å². The topological polar surface area (TPSA) is 0 Å². The Bertz CT molecular complexity index is 836. The molecular weight excluding hydrogens is 419 g/mol. The molecule has 30 heavy (non-hydrogen) atoms. The van der Waals surface area contributed by atoms with E-state index in [0.717, 1.165) is 0 Å². The Morgan fingerprint density at radius 1 is 0.700 bits per heavy atom. The van der Waals surface area contributed by atoms with Crippen LogP contribution in [0.4, 0.5) is 0 Å². The van der Waals surface area contributed by atoms with Gasteiger partial charge in [0.25, 0.3) is 0 Å². The second kappa shape index (κ2) is 9.11.